The first kappa shape index (κ1) is 44.8. The molecule has 0 unspecified atom stereocenters. The maximum Gasteiger partial charge on any atom is 0.410 e. The van der Waals surface area contributed by atoms with Gasteiger partial charge >= 0.3 is 6.09 Å². The van der Waals surface area contributed by atoms with Crippen LogP contribution in [0.2, 0.25) is 5.04 Å². The smallest absolute Gasteiger partial charge is 0.410 e. The van der Waals surface area contributed by atoms with Gasteiger partial charge in [0.15, 0.2) is 0 Å². The molecule has 6 rings (SSSR count). The molecule has 1 aliphatic heterocycles. The summed E-state index contributed by atoms with van der Waals surface area (Å²) in [5, 5.41) is 2.02. The Bertz CT molecular complexity index is 2160. The topological polar surface area (TPSA) is 67.0 Å². The van der Waals surface area contributed by atoms with Gasteiger partial charge in [0.25, 0.3) is 14.2 Å². The Morgan fingerprint density at radius 3 is 2.02 bits per heavy atom. The first-order valence-corrected chi connectivity index (χ1v) is 22.4. The normalized spacial score (nSPS) is 16.5. The monoisotopic (exact) mass is 849 g/mol. The number of nitrogens with zero attached hydrogens (tertiary/aromatic N) is 2. The Morgan fingerprint density at radius 2 is 1.45 bits per heavy atom. The number of nitrogens with one attached hydrogen (secondary N) is 1. The van der Waals surface area contributed by atoms with Gasteiger partial charge in [0.05, 0.1) is 32.4 Å². The van der Waals surface area contributed by atoms with Crippen molar-refractivity contribution < 1.29 is 40.6 Å². The predicted octanol–water partition coefficient (Wildman–Crippen LogP) is 9.97. The van der Waals surface area contributed by atoms with Gasteiger partial charge in [-0.2, -0.15) is 0 Å². The number of para-hydroxylation sites is 1. The highest BCUT2D eigenvalue weighted by Gasteiger charge is 2.52. The number of aromatic amines is 1. The van der Waals surface area contributed by atoms with Gasteiger partial charge < -0.3 is 23.8 Å². The van der Waals surface area contributed by atoms with Crippen molar-refractivity contribution >= 4 is 35.7 Å². The summed E-state index contributed by atoms with van der Waals surface area (Å²) in [6.07, 6.45) is -0.224. The Kier molecular flexibility index (Phi) is 13.5. The molecule has 1 N–H and O–H groups in total. The lowest BCUT2D eigenvalue weighted by atomic mass is 9.87. The summed E-state index contributed by atoms with van der Waals surface area (Å²) < 4.78 is 97.8. The van der Waals surface area contributed by atoms with Crippen LogP contribution in [0.25, 0.3) is 10.9 Å². The van der Waals surface area contributed by atoms with Gasteiger partial charge in [0, 0.05) is 46.9 Å². The lowest BCUT2D eigenvalue weighted by Crippen LogP contribution is -2.67. The van der Waals surface area contributed by atoms with Crippen LogP contribution in [0.5, 0.6) is 5.75 Å². The molecule has 60 heavy (non-hydrogen) atoms. The van der Waals surface area contributed by atoms with Crippen LogP contribution in [0.3, 0.4) is 0 Å². The first-order chi connectivity index (χ1) is 28.3. The van der Waals surface area contributed by atoms with Crippen molar-refractivity contribution in [3.8, 4) is 5.75 Å². The highest BCUT2D eigenvalue weighted by Crippen LogP contribution is 2.45. The summed E-state index contributed by atoms with van der Waals surface area (Å²) in [5.41, 5.74) is 0.782. The zero-order valence-electron chi connectivity index (χ0n) is 35.5. The van der Waals surface area contributed by atoms with E-state index in [-0.39, 0.29) is 31.9 Å². The summed E-state index contributed by atoms with van der Waals surface area (Å²) in [6.45, 7) is 10.4. The Labute approximate surface area is 351 Å². The molecule has 0 aliphatic carbocycles. The molecule has 5 aromatic rings. The molecule has 0 bridgehead atoms. The number of ether oxygens (including phenoxy) is 2. The lowest BCUT2D eigenvalue weighted by molar-refractivity contribution is -0.0825. The van der Waals surface area contributed by atoms with E-state index in [9.17, 15) is 9.18 Å². The summed E-state index contributed by atoms with van der Waals surface area (Å²) in [4.78, 5) is 18.8. The SMILES string of the molecule is C[C@@H]1Cc2c([nH]c3ccccc23)[C@@H](c2c(F)cc(OCCN(CCCF)C(=O)OC(C)(C)C)cc2F)N1CC(F)(F)CO[Si](c1ccccc1)(c1ccccc1)C(C)(C)C. The predicted molar refractivity (Wildman–Crippen MR) is 229 cm³/mol. The van der Waals surface area contributed by atoms with Crippen molar-refractivity contribution in [3.05, 3.63) is 126 Å². The zero-order chi connectivity index (χ0) is 43.5. The second-order valence-corrected chi connectivity index (χ2v) is 22.0. The summed E-state index contributed by atoms with van der Waals surface area (Å²) >= 11 is 0. The van der Waals surface area contributed by atoms with Gasteiger partial charge in [-0.1, -0.05) is 99.6 Å². The Balaban J connectivity index is 1.32. The second-order valence-electron chi connectivity index (χ2n) is 17.7. The summed E-state index contributed by atoms with van der Waals surface area (Å²) in [6, 6.07) is 26.8. The van der Waals surface area contributed by atoms with E-state index in [0.717, 1.165) is 39.0 Å². The van der Waals surface area contributed by atoms with E-state index in [1.807, 2.05) is 106 Å². The van der Waals surface area contributed by atoms with E-state index in [2.05, 4.69) is 4.98 Å². The number of halogens is 5. The van der Waals surface area contributed by atoms with Crippen molar-refractivity contribution in [2.24, 2.45) is 0 Å². The van der Waals surface area contributed by atoms with Crippen molar-refractivity contribution in [2.75, 3.05) is 39.5 Å². The number of carbonyl (C=O) groups is 1. The van der Waals surface area contributed by atoms with E-state index in [4.69, 9.17) is 13.9 Å². The zero-order valence-corrected chi connectivity index (χ0v) is 36.5. The molecule has 0 spiro atoms. The van der Waals surface area contributed by atoms with Gasteiger partial charge in [-0.25, -0.2) is 22.4 Å². The maximum atomic E-state index is 16.9. The fourth-order valence-electron chi connectivity index (χ4n) is 8.40. The molecule has 0 radical (unpaired) electrons. The number of fused-ring (bicyclic) bond motifs is 3. The average Bonchev–Trinajstić information content (AvgIpc) is 3.54. The largest absolute Gasteiger partial charge is 0.492 e. The quantitative estimate of drug-likeness (QED) is 0.0840. The van der Waals surface area contributed by atoms with Crippen molar-refractivity contribution in [1.82, 2.24) is 14.8 Å². The van der Waals surface area contributed by atoms with E-state index >= 15 is 17.6 Å². The van der Waals surface area contributed by atoms with Crippen LogP contribution in [0.1, 0.15) is 77.7 Å². The molecular formula is C47H56F5N3O4Si. The van der Waals surface area contributed by atoms with Crippen LogP contribution in [0, 0.1) is 11.6 Å². The van der Waals surface area contributed by atoms with E-state index in [1.165, 1.54) is 9.80 Å². The van der Waals surface area contributed by atoms with Crippen molar-refractivity contribution in [1.29, 1.82) is 0 Å². The highest BCUT2D eigenvalue weighted by atomic mass is 28.4. The van der Waals surface area contributed by atoms with Crippen molar-refractivity contribution in [2.45, 2.75) is 90.0 Å². The van der Waals surface area contributed by atoms with Crippen LogP contribution in [-0.2, 0) is 15.6 Å². The van der Waals surface area contributed by atoms with Gasteiger partial charge in [0.1, 0.15) is 29.6 Å². The molecular weight excluding hydrogens is 794 g/mol. The standard InChI is InChI=1S/C47H56F5N3O4Si/c1-32-27-37-36-21-14-15-22-40(36)53-42(37)43(41-38(49)28-33(29-39(41)50)57-26-25-54(24-16-23-48)44(56)59-45(2,3)4)55(32)30-47(51,52)31-58-60(46(5,6)7,34-17-10-8-11-18-34)35-19-12-9-13-20-35/h8-15,17-22,28-29,32,43,53H,16,23-27,30-31H2,1-7H3/t32-,43-/m1/s1. The third-order valence-electron chi connectivity index (χ3n) is 11.0. The summed E-state index contributed by atoms with van der Waals surface area (Å²) in [7, 11) is -3.35. The number of carbonyl (C=O) groups excluding carboxylic acids is 1. The number of amides is 1. The molecule has 13 heteroatoms. The molecule has 0 saturated heterocycles. The minimum absolute atomic E-state index is 0.0305. The fourth-order valence-corrected chi connectivity index (χ4v) is 13.0. The number of rotatable bonds is 15. The van der Waals surface area contributed by atoms with Crippen LogP contribution >= 0.6 is 0 Å². The number of alkyl halides is 3. The Morgan fingerprint density at radius 1 is 0.867 bits per heavy atom. The number of benzene rings is 4. The number of hydrogen-bond donors (Lipinski definition) is 1. The molecule has 1 amide bonds. The number of H-pyrrole nitrogens is 1. The maximum absolute atomic E-state index is 16.9. The van der Waals surface area contributed by atoms with Crippen molar-refractivity contribution in [3.63, 3.8) is 0 Å². The molecule has 2 atom stereocenters. The summed E-state index contributed by atoms with van der Waals surface area (Å²) in [5.74, 6) is -5.57. The number of hydrogen-bond acceptors (Lipinski definition) is 5. The highest BCUT2D eigenvalue weighted by molar-refractivity contribution is 6.99. The van der Waals surface area contributed by atoms with Crippen LogP contribution in [0.4, 0.5) is 26.7 Å². The van der Waals surface area contributed by atoms with Gasteiger partial charge in [-0.15, -0.1) is 0 Å². The minimum atomic E-state index is -3.46. The van der Waals surface area contributed by atoms with E-state index in [0.29, 0.717) is 12.1 Å². The first-order valence-electron chi connectivity index (χ1n) is 20.5. The van der Waals surface area contributed by atoms with Crippen LogP contribution in [0.15, 0.2) is 97.1 Å². The molecule has 7 nitrogen and oxygen atoms in total. The molecule has 1 aromatic heterocycles. The van der Waals surface area contributed by atoms with Gasteiger partial charge in [-0.05, 0) is 67.6 Å². The third-order valence-corrected chi connectivity index (χ3v) is 16.0. The molecule has 0 saturated carbocycles. The average molecular weight is 850 g/mol. The Hall–Kier alpha value is -4.72. The fraction of sp³-hybridized carbons (Fsp3) is 0.426. The van der Waals surface area contributed by atoms with Gasteiger partial charge in [0.2, 0.25) is 0 Å². The minimum Gasteiger partial charge on any atom is -0.492 e. The lowest BCUT2D eigenvalue weighted by Gasteiger charge is -2.45. The third kappa shape index (κ3) is 9.74. The van der Waals surface area contributed by atoms with Gasteiger partial charge in [-0.3, -0.25) is 9.29 Å². The molecule has 2 heterocycles. The second kappa shape index (κ2) is 18.1. The number of aromatic nitrogens is 1. The molecule has 0 fully saturated rings. The van der Waals surface area contributed by atoms with E-state index < -0.39 is 80.1 Å². The van der Waals surface area contributed by atoms with Crippen LogP contribution < -0.4 is 15.1 Å². The molecule has 1 aliphatic rings. The molecule has 4 aromatic carbocycles. The molecule has 322 valence electrons. The van der Waals surface area contributed by atoms with Crippen LogP contribution in [-0.4, -0.2) is 86.3 Å². The van der Waals surface area contributed by atoms with E-state index in [1.54, 1.807) is 27.7 Å².